The molecule has 4 N–H and O–H groups in total. The van der Waals surface area contributed by atoms with E-state index in [4.69, 9.17) is 10.5 Å². The molecule has 0 aromatic heterocycles. The van der Waals surface area contributed by atoms with E-state index < -0.39 is 12.2 Å². The van der Waals surface area contributed by atoms with E-state index in [0.717, 1.165) is 0 Å². The normalized spacial score (nSPS) is 14.9. The molecule has 4 heteroatoms. The van der Waals surface area contributed by atoms with E-state index >= 15 is 0 Å². The zero-order valence-electron chi connectivity index (χ0n) is 8.05. The van der Waals surface area contributed by atoms with Gasteiger partial charge in [0, 0.05) is 12.1 Å². The van der Waals surface area contributed by atoms with Crippen molar-refractivity contribution < 1.29 is 14.9 Å². The largest absolute Gasteiger partial charge is 0.496 e. The van der Waals surface area contributed by atoms with Crippen LogP contribution in [-0.2, 0) is 0 Å². The molecule has 0 aliphatic heterocycles. The molecule has 1 rings (SSSR count). The molecule has 4 nitrogen and oxygen atoms in total. The Hall–Kier alpha value is -1.10. The Labute approximate surface area is 82.9 Å². The van der Waals surface area contributed by atoms with Gasteiger partial charge in [-0.25, -0.2) is 0 Å². The van der Waals surface area contributed by atoms with Crippen molar-refractivity contribution in [3.8, 4) is 5.75 Å². The van der Waals surface area contributed by atoms with Crippen LogP contribution < -0.4 is 10.5 Å². The molecule has 1 aromatic rings. The van der Waals surface area contributed by atoms with E-state index in [0.29, 0.717) is 11.3 Å². The zero-order chi connectivity index (χ0) is 10.6. The molecule has 0 amide bonds. The summed E-state index contributed by atoms with van der Waals surface area (Å²) in [4.78, 5) is 0. The summed E-state index contributed by atoms with van der Waals surface area (Å²) in [7, 11) is 1.51. The Kier molecular flexibility index (Phi) is 3.88. The van der Waals surface area contributed by atoms with Gasteiger partial charge in [-0.1, -0.05) is 18.2 Å². The van der Waals surface area contributed by atoms with Crippen LogP contribution in [0.1, 0.15) is 11.7 Å². The number of aliphatic hydroxyl groups excluding tert-OH is 2. The van der Waals surface area contributed by atoms with Gasteiger partial charge in [-0.3, -0.25) is 0 Å². The fraction of sp³-hybridized carbons (Fsp3) is 0.400. The molecule has 14 heavy (non-hydrogen) atoms. The van der Waals surface area contributed by atoms with E-state index in [-0.39, 0.29) is 6.54 Å². The predicted molar refractivity (Wildman–Crippen MR) is 53.0 cm³/mol. The highest BCUT2D eigenvalue weighted by Gasteiger charge is 2.19. The standard InChI is InChI=1S/C10H15NO3/c1-14-9-5-3-2-4-7(9)10(13)8(12)6-11/h2-5,8,10,12-13H,6,11H2,1H3. The van der Waals surface area contributed by atoms with Crippen LogP contribution in [0, 0.1) is 0 Å². The van der Waals surface area contributed by atoms with Crippen LogP contribution in [-0.4, -0.2) is 30.0 Å². The molecule has 0 bridgehead atoms. The average Bonchev–Trinajstić information content (AvgIpc) is 2.26. The van der Waals surface area contributed by atoms with Crippen molar-refractivity contribution in [3.05, 3.63) is 29.8 Å². The van der Waals surface area contributed by atoms with Crippen molar-refractivity contribution in [2.24, 2.45) is 5.73 Å². The summed E-state index contributed by atoms with van der Waals surface area (Å²) < 4.78 is 5.05. The minimum Gasteiger partial charge on any atom is -0.496 e. The van der Waals surface area contributed by atoms with Crippen molar-refractivity contribution in [3.63, 3.8) is 0 Å². The van der Waals surface area contributed by atoms with Crippen LogP contribution in [0.4, 0.5) is 0 Å². The summed E-state index contributed by atoms with van der Waals surface area (Å²) in [6.45, 7) is 0.0131. The Morgan fingerprint density at radius 3 is 2.57 bits per heavy atom. The number of benzene rings is 1. The zero-order valence-corrected chi connectivity index (χ0v) is 8.05. The topological polar surface area (TPSA) is 75.7 Å². The highest BCUT2D eigenvalue weighted by Crippen LogP contribution is 2.26. The van der Waals surface area contributed by atoms with Crippen molar-refractivity contribution in [2.75, 3.05) is 13.7 Å². The van der Waals surface area contributed by atoms with E-state index in [1.165, 1.54) is 7.11 Å². The molecule has 0 saturated heterocycles. The molecule has 0 saturated carbocycles. The summed E-state index contributed by atoms with van der Waals surface area (Å²) >= 11 is 0. The quantitative estimate of drug-likeness (QED) is 0.637. The van der Waals surface area contributed by atoms with E-state index in [9.17, 15) is 10.2 Å². The Bertz CT molecular complexity index is 290. The molecule has 0 radical (unpaired) electrons. The number of methoxy groups -OCH3 is 1. The second kappa shape index (κ2) is 4.95. The maximum absolute atomic E-state index is 9.69. The average molecular weight is 197 g/mol. The van der Waals surface area contributed by atoms with Gasteiger partial charge in [0.25, 0.3) is 0 Å². The molecule has 0 heterocycles. The van der Waals surface area contributed by atoms with Crippen LogP contribution in [0.5, 0.6) is 5.75 Å². The molecule has 0 spiro atoms. The van der Waals surface area contributed by atoms with Gasteiger partial charge < -0.3 is 20.7 Å². The molecular formula is C10H15NO3. The number of aliphatic hydroxyl groups is 2. The minimum atomic E-state index is -1.00. The van der Waals surface area contributed by atoms with Gasteiger partial charge in [-0.2, -0.15) is 0 Å². The monoisotopic (exact) mass is 197 g/mol. The minimum absolute atomic E-state index is 0.0131. The SMILES string of the molecule is COc1ccccc1C(O)C(O)CN. The fourth-order valence-corrected chi connectivity index (χ4v) is 1.25. The van der Waals surface area contributed by atoms with Crippen molar-refractivity contribution in [1.29, 1.82) is 0 Å². The molecule has 78 valence electrons. The van der Waals surface area contributed by atoms with Crippen LogP contribution in [0.2, 0.25) is 0 Å². The number of nitrogens with two attached hydrogens (primary N) is 1. The summed E-state index contributed by atoms with van der Waals surface area (Å²) in [6.07, 6.45) is -1.97. The lowest BCUT2D eigenvalue weighted by Crippen LogP contribution is -2.27. The van der Waals surface area contributed by atoms with Crippen LogP contribution in [0.15, 0.2) is 24.3 Å². The lowest BCUT2D eigenvalue weighted by molar-refractivity contribution is 0.0229. The van der Waals surface area contributed by atoms with Gasteiger partial charge in [0.1, 0.15) is 11.9 Å². The maximum atomic E-state index is 9.69. The van der Waals surface area contributed by atoms with Crippen LogP contribution in [0.25, 0.3) is 0 Å². The van der Waals surface area contributed by atoms with Crippen molar-refractivity contribution in [1.82, 2.24) is 0 Å². The maximum Gasteiger partial charge on any atom is 0.124 e. The van der Waals surface area contributed by atoms with Crippen LogP contribution >= 0.6 is 0 Å². The lowest BCUT2D eigenvalue weighted by atomic mass is 10.0. The van der Waals surface area contributed by atoms with Gasteiger partial charge in [0.05, 0.1) is 13.2 Å². The van der Waals surface area contributed by atoms with E-state index in [1.807, 2.05) is 0 Å². The second-order valence-corrected chi connectivity index (χ2v) is 2.99. The first-order chi connectivity index (χ1) is 6.70. The summed E-state index contributed by atoms with van der Waals surface area (Å²) in [5.74, 6) is 0.549. The lowest BCUT2D eigenvalue weighted by Gasteiger charge is -2.18. The van der Waals surface area contributed by atoms with Gasteiger partial charge in [0.15, 0.2) is 0 Å². The van der Waals surface area contributed by atoms with E-state index in [2.05, 4.69) is 0 Å². The number of hydrogen-bond donors (Lipinski definition) is 3. The second-order valence-electron chi connectivity index (χ2n) is 2.99. The highest BCUT2D eigenvalue weighted by atomic mass is 16.5. The van der Waals surface area contributed by atoms with Gasteiger partial charge in [-0.05, 0) is 6.07 Å². The van der Waals surface area contributed by atoms with Crippen LogP contribution in [0.3, 0.4) is 0 Å². The molecule has 2 unspecified atom stereocenters. The third-order valence-corrected chi connectivity index (χ3v) is 2.06. The molecule has 0 aliphatic rings. The van der Waals surface area contributed by atoms with Gasteiger partial charge in [-0.15, -0.1) is 0 Å². The number of ether oxygens (including phenoxy) is 1. The fourth-order valence-electron chi connectivity index (χ4n) is 1.25. The van der Waals surface area contributed by atoms with Gasteiger partial charge >= 0.3 is 0 Å². The summed E-state index contributed by atoms with van der Waals surface area (Å²) in [5, 5.41) is 19.1. The molecular weight excluding hydrogens is 182 g/mol. The van der Waals surface area contributed by atoms with Crippen molar-refractivity contribution >= 4 is 0 Å². The molecule has 0 aliphatic carbocycles. The molecule has 2 atom stereocenters. The summed E-state index contributed by atoms with van der Waals surface area (Å²) in [5.41, 5.74) is 5.80. The first-order valence-electron chi connectivity index (χ1n) is 4.39. The Morgan fingerprint density at radius 2 is 2.00 bits per heavy atom. The first-order valence-corrected chi connectivity index (χ1v) is 4.39. The predicted octanol–water partition coefficient (Wildman–Crippen LogP) is 0.0482. The number of para-hydroxylation sites is 1. The molecule has 1 aromatic carbocycles. The van der Waals surface area contributed by atoms with Crippen molar-refractivity contribution in [2.45, 2.75) is 12.2 Å². The third-order valence-electron chi connectivity index (χ3n) is 2.06. The highest BCUT2D eigenvalue weighted by molar-refractivity contribution is 5.35. The van der Waals surface area contributed by atoms with Gasteiger partial charge in [0.2, 0.25) is 0 Å². The third kappa shape index (κ3) is 2.23. The Morgan fingerprint density at radius 1 is 1.36 bits per heavy atom. The Balaban J connectivity index is 2.93. The number of hydrogen-bond acceptors (Lipinski definition) is 4. The number of rotatable bonds is 4. The molecule has 0 fully saturated rings. The summed E-state index contributed by atoms with van der Waals surface area (Å²) in [6, 6.07) is 6.98. The van der Waals surface area contributed by atoms with E-state index in [1.54, 1.807) is 24.3 Å². The smallest absolute Gasteiger partial charge is 0.124 e. The first kappa shape index (κ1) is 11.0.